The van der Waals surface area contributed by atoms with Gasteiger partial charge in [0.05, 0.1) is 24.0 Å². The fourth-order valence-electron chi connectivity index (χ4n) is 2.86. The van der Waals surface area contributed by atoms with Crippen molar-refractivity contribution >= 4 is 5.91 Å². The average molecular weight is 303 g/mol. The van der Waals surface area contributed by atoms with Crippen molar-refractivity contribution in [3.63, 3.8) is 0 Å². The molecule has 2 N–H and O–H groups in total. The lowest BCUT2D eigenvalue weighted by atomic mass is 9.73. The first kappa shape index (κ1) is 14.7. The van der Waals surface area contributed by atoms with Crippen LogP contribution in [0.4, 0.5) is 4.39 Å². The number of aromatic nitrogens is 2. The molecule has 1 fully saturated rings. The highest BCUT2D eigenvalue weighted by atomic mass is 19.1. The maximum Gasteiger partial charge on any atom is 0.231 e. The standard InChI is InChI=1S/C16H18FN3O2/c17-13-3-1-12(2-4-13)16(5-7-22-8-6-16)15(21)19-10-14-9-18-11-20-14/h1-4,9,11H,5-8,10H2,(H,18,20)(H,19,21). The minimum atomic E-state index is -0.661. The van der Waals surface area contributed by atoms with Crippen LogP contribution in [0.25, 0.3) is 0 Å². The zero-order valence-corrected chi connectivity index (χ0v) is 12.1. The van der Waals surface area contributed by atoms with Crippen molar-refractivity contribution in [2.24, 2.45) is 0 Å². The highest BCUT2D eigenvalue weighted by Crippen LogP contribution is 2.35. The predicted octanol–water partition coefficient (Wildman–Crippen LogP) is 1.91. The molecule has 0 atom stereocenters. The van der Waals surface area contributed by atoms with Crippen LogP contribution < -0.4 is 5.32 Å². The van der Waals surface area contributed by atoms with Gasteiger partial charge in [-0.2, -0.15) is 0 Å². The monoisotopic (exact) mass is 303 g/mol. The summed E-state index contributed by atoms with van der Waals surface area (Å²) in [5, 5.41) is 2.95. The number of nitrogens with one attached hydrogen (secondary N) is 2. The number of H-pyrrole nitrogens is 1. The fraction of sp³-hybridized carbons (Fsp3) is 0.375. The molecule has 1 aromatic heterocycles. The molecule has 0 unspecified atom stereocenters. The molecule has 1 saturated heterocycles. The first-order valence-corrected chi connectivity index (χ1v) is 7.30. The lowest BCUT2D eigenvalue weighted by Gasteiger charge is -2.36. The first-order valence-electron chi connectivity index (χ1n) is 7.30. The van der Waals surface area contributed by atoms with Gasteiger partial charge in [-0.15, -0.1) is 0 Å². The van der Waals surface area contributed by atoms with Crippen LogP contribution in [0.5, 0.6) is 0 Å². The van der Waals surface area contributed by atoms with E-state index in [2.05, 4.69) is 15.3 Å². The van der Waals surface area contributed by atoms with E-state index in [0.717, 1.165) is 11.3 Å². The van der Waals surface area contributed by atoms with E-state index in [4.69, 9.17) is 4.74 Å². The van der Waals surface area contributed by atoms with Crippen LogP contribution >= 0.6 is 0 Å². The van der Waals surface area contributed by atoms with E-state index in [9.17, 15) is 9.18 Å². The molecule has 2 aromatic rings. The molecule has 0 radical (unpaired) electrons. The Morgan fingerprint density at radius 2 is 2.05 bits per heavy atom. The highest BCUT2D eigenvalue weighted by molar-refractivity contribution is 5.88. The van der Waals surface area contributed by atoms with Gasteiger partial charge in [0.1, 0.15) is 5.82 Å². The number of carbonyl (C=O) groups excluding carboxylic acids is 1. The van der Waals surface area contributed by atoms with Gasteiger partial charge in [0.15, 0.2) is 0 Å². The van der Waals surface area contributed by atoms with E-state index in [1.807, 2.05) is 0 Å². The van der Waals surface area contributed by atoms with Crippen molar-refractivity contribution in [1.82, 2.24) is 15.3 Å². The summed E-state index contributed by atoms with van der Waals surface area (Å²) in [6.07, 6.45) is 4.43. The van der Waals surface area contributed by atoms with Crippen molar-refractivity contribution < 1.29 is 13.9 Å². The van der Waals surface area contributed by atoms with Crippen LogP contribution in [0.1, 0.15) is 24.1 Å². The normalized spacial score (nSPS) is 17.1. The topological polar surface area (TPSA) is 67.0 Å². The molecule has 0 spiro atoms. The van der Waals surface area contributed by atoms with Crippen LogP contribution in [0.15, 0.2) is 36.8 Å². The lowest BCUT2D eigenvalue weighted by molar-refractivity contribution is -0.130. The van der Waals surface area contributed by atoms with Crippen LogP contribution in [-0.4, -0.2) is 29.1 Å². The maximum atomic E-state index is 13.2. The average Bonchev–Trinajstić information content (AvgIpc) is 3.07. The Morgan fingerprint density at radius 3 is 2.68 bits per heavy atom. The molecule has 2 heterocycles. The highest BCUT2D eigenvalue weighted by Gasteiger charge is 2.41. The molecule has 1 aromatic carbocycles. The van der Waals surface area contributed by atoms with Gasteiger partial charge in [0.2, 0.25) is 5.91 Å². The Bertz CT molecular complexity index is 619. The third-order valence-corrected chi connectivity index (χ3v) is 4.17. The second-order valence-electron chi connectivity index (χ2n) is 5.46. The van der Waals surface area contributed by atoms with E-state index < -0.39 is 5.41 Å². The number of halogens is 1. The van der Waals surface area contributed by atoms with Gasteiger partial charge in [0, 0.05) is 19.4 Å². The van der Waals surface area contributed by atoms with Gasteiger partial charge in [-0.05, 0) is 30.5 Å². The van der Waals surface area contributed by atoms with Gasteiger partial charge < -0.3 is 15.0 Å². The molecular formula is C16H18FN3O2. The largest absolute Gasteiger partial charge is 0.381 e. The molecule has 22 heavy (non-hydrogen) atoms. The number of imidazole rings is 1. The summed E-state index contributed by atoms with van der Waals surface area (Å²) in [6.45, 7) is 1.44. The number of carbonyl (C=O) groups is 1. The lowest BCUT2D eigenvalue weighted by Crippen LogP contribution is -2.47. The SMILES string of the molecule is O=C(NCc1cnc[nH]1)C1(c2ccc(F)cc2)CCOCC1. The summed E-state index contributed by atoms with van der Waals surface area (Å²) in [7, 11) is 0. The Balaban J connectivity index is 1.81. The van der Waals surface area contributed by atoms with Crippen molar-refractivity contribution in [2.75, 3.05) is 13.2 Å². The summed E-state index contributed by atoms with van der Waals surface area (Å²) in [5.41, 5.74) is 1.01. The second-order valence-corrected chi connectivity index (χ2v) is 5.46. The summed E-state index contributed by atoms with van der Waals surface area (Å²) in [4.78, 5) is 19.7. The van der Waals surface area contributed by atoms with Crippen LogP contribution in [0.2, 0.25) is 0 Å². The summed E-state index contributed by atoms with van der Waals surface area (Å²) in [6, 6.07) is 6.18. The zero-order valence-electron chi connectivity index (χ0n) is 12.1. The number of hydrogen-bond acceptors (Lipinski definition) is 3. The number of aromatic amines is 1. The molecule has 116 valence electrons. The molecule has 0 aliphatic carbocycles. The molecule has 1 aliphatic heterocycles. The predicted molar refractivity (Wildman–Crippen MR) is 78.6 cm³/mol. The summed E-state index contributed by atoms with van der Waals surface area (Å²) in [5.74, 6) is -0.360. The van der Waals surface area contributed by atoms with Gasteiger partial charge in [-0.1, -0.05) is 12.1 Å². The Kier molecular flexibility index (Phi) is 4.20. The molecule has 0 saturated carbocycles. The molecule has 1 aliphatic rings. The van der Waals surface area contributed by atoms with Crippen molar-refractivity contribution in [3.8, 4) is 0 Å². The molecular weight excluding hydrogens is 285 g/mol. The Hall–Kier alpha value is -2.21. The third-order valence-electron chi connectivity index (χ3n) is 4.17. The molecule has 5 nitrogen and oxygen atoms in total. The smallest absolute Gasteiger partial charge is 0.231 e. The number of benzene rings is 1. The molecule has 1 amide bonds. The Labute approximate surface area is 127 Å². The zero-order chi connectivity index (χ0) is 15.4. The van der Waals surface area contributed by atoms with Crippen LogP contribution in [0, 0.1) is 5.82 Å². The van der Waals surface area contributed by atoms with E-state index in [1.54, 1.807) is 24.7 Å². The van der Waals surface area contributed by atoms with Crippen molar-refractivity contribution in [1.29, 1.82) is 0 Å². The van der Waals surface area contributed by atoms with Gasteiger partial charge in [0.25, 0.3) is 0 Å². The van der Waals surface area contributed by atoms with Gasteiger partial charge >= 0.3 is 0 Å². The van der Waals surface area contributed by atoms with E-state index >= 15 is 0 Å². The maximum absolute atomic E-state index is 13.2. The fourth-order valence-corrected chi connectivity index (χ4v) is 2.86. The number of hydrogen-bond donors (Lipinski definition) is 2. The summed E-state index contributed by atoms with van der Waals surface area (Å²) < 4.78 is 18.6. The number of amides is 1. The first-order chi connectivity index (χ1) is 10.7. The quantitative estimate of drug-likeness (QED) is 0.906. The van der Waals surface area contributed by atoms with E-state index in [1.165, 1.54) is 12.1 Å². The van der Waals surface area contributed by atoms with E-state index in [0.29, 0.717) is 32.6 Å². The van der Waals surface area contributed by atoms with Crippen LogP contribution in [0.3, 0.4) is 0 Å². The number of nitrogens with zero attached hydrogens (tertiary/aromatic N) is 1. The third kappa shape index (κ3) is 2.87. The molecule has 6 heteroatoms. The Morgan fingerprint density at radius 1 is 1.32 bits per heavy atom. The molecule has 3 rings (SSSR count). The van der Waals surface area contributed by atoms with Crippen molar-refractivity contribution in [3.05, 3.63) is 53.9 Å². The minimum absolute atomic E-state index is 0.0583. The number of ether oxygens (including phenoxy) is 1. The summed E-state index contributed by atoms with van der Waals surface area (Å²) >= 11 is 0. The molecule has 0 bridgehead atoms. The van der Waals surface area contributed by atoms with Gasteiger partial charge in [-0.3, -0.25) is 4.79 Å². The van der Waals surface area contributed by atoms with Crippen molar-refractivity contribution in [2.45, 2.75) is 24.8 Å². The number of rotatable bonds is 4. The minimum Gasteiger partial charge on any atom is -0.381 e. The second kappa shape index (κ2) is 6.27. The van der Waals surface area contributed by atoms with Crippen LogP contribution in [-0.2, 0) is 21.5 Å². The van der Waals surface area contributed by atoms with E-state index in [-0.39, 0.29) is 11.7 Å². The van der Waals surface area contributed by atoms with Gasteiger partial charge in [-0.25, -0.2) is 9.37 Å².